The van der Waals surface area contributed by atoms with Gasteiger partial charge in [-0.1, -0.05) is 36.4 Å². The maximum Gasteiger partial charge on any atom is 0.310 e. The lowest BCUT2D eigenvalue weighted by atomic mass is 9.97. The van der Waals surface area contributed by atoms with Crippen LogP contribution < -0.4 is 15.2 Å². The van der Waals surface area contributed by atoms with Crippen LogP contribution in [-0.4, -0.2) is 32.4 Å². The maximum atomic E-state index is 12.1. The molecular formula is C33H37NO6. The van der Waals surface area contributed by atoms with Gasteiger partial charge in [-0.25, -0.2) is 0 Å². The number of esters is 1. The molecule has 3 aromatic carbocycles. The summed E-state index contributed by atoms with van der Waals surface area (Å²) in [7, 11) is 0. The number of carbonyl (C=O) groups is 1. The van der Waals surface area contributed by atoms with Gasteiger partial charge in [0.25, 0.3) is 0 Å². The van der Waals surface area contributed by atoms with Crippen molar-refractivity contribution in [2.24, 2.45) is 11.7 Å². The average Bonchev–Trinajstić information content (AvgIpc) is 3.40. The van der Waals surface area contributed by atoms with Gasteiger partial charge in [-0.3, -0.25) is 4.79 Å². The highest BCUT2D eigenvalue weighted by atomic mass is 16.5. The van der Waals surface area contributed by atoms with E-state index in [2.05, 4.69) is 18.2 Å². The average molecular weight is 544 g/mol. The van der Waals surface area contributed by atoms with E-state index in [9.17, 15) is 4.79 Å². The molecule has 0 bridgehead atoms. The molecule has 0 atom stereocenters. The number of nitrogens with two attached hydrogens (primary N) is 1. The Morgan fingerprint density at radius 2 is 1.80 bits per heavy atom. The molecule has 210 valence electrons. The summed E-state index contributed by atoms with van der Waals surface area (Å²) in [6.07, 6.45) is 5.01. The third-order valence-corrected chi connectivity index (χ3v) is 7.34. The van der Waals surface area contributed by atoms with Crippen molar-refractivity contribution in [3.8, 4) is 22.6 Å². The molecule has 1 fully saturated rings. The van der Waals surface area contributed by atoms with Crippen molar-refractivity contribution < 1.29 is 28.2 Å². The molecule has 0 aliphatic carbocycles. The van der Waals surface area contributed by atoms with Crippen LogP contribution in [0, 0.1) is 5.92 Å². The molecule has 7 heteroatoms. The molecular weight excluding hydrogens is 506 g/mol. The first-order chi connectivity index (χ1) is 19.6. The van der Waals surface area contributed by atoms with Crippen molar-refractivity contribution in [3.05, 3.63) is 83.6 Å². The Bertz CT molecular complexity index is 1420. The zero-order chi connectivity index (χ0) is 27.7. The van der Waals surface area contributed by atoms with Crippen molar-refractivity contribution in [2.45, 2.75) is 45.8 Å². The highest BCUT2D eigenvalue weighted by Gasteiger charge is 2.18. The molecule has 7 nitrogen and oxygen atoms in total. The predicted octanol–water partition coefficient (Wildman–Crippen LogP) is 6.44. The molecule has 1 aromatic heterocycles. The quantitative estimate of drug-likeness (QED) is 0.206. The molecule has 40 heavy (non-hydrogen) atoms. The topological polar surface area (TPSA) is 93.2 Å². The van der Waals surface area contributed by atoms with Crippen molar-refractivity contribution in [3.63, 3.8) is 0 Å². The van der Waals surface area contributed by atoms with Crippen molar-refractivity contribution in [1.29, 1.82) is 0 Å². The fourth-order valence-corrected chi connectivity index (χ4v) is 5.10. The molecule has 5 rings (SSSR count). The standard InChI is InChI=1S/C33H37NO6/c1-2-37-32(35)19-26-7-3-4-9-30(26)39-21-28-22-40-33-29(28)17-27(25-8-5-6-24(16-25)20-34)18-31(33)38-15-12-23-10-13-36-14-11-23/h3-9,16-18,22-23H,2,10-15,19-21,34H2,1H3. The third-order valence-electron chi connectivity index (χ3n) is 7.34. The number of ether oxygens (including phenoxy) is 4. The molecule has 0 spiro atoms. The van der Waals surface area contributed by atoms with Crippen LogP contribution >= 0.6 is 0 Å². The third kappa shape index (κ3) is 6.84. The van der Waals surface area contributed by atoms with Gasteiger partial charge in [-0.2, -0.15) is 0 Å². The highest BCUT2D eigenvalue weighted by molar-refractivity contribution is 5.91. The van der Waals surface area contributed by atoms with Crippen molar-refractivity contribution in [2.75, 3.05) is 26.4 Å². The summed E-state index contributed by atoms with van der Waals surface area (Å²) in [5.41, 5.74) is 11.4. The predicted molar refractivity (Wildman–Crippen MR) is 154 cm³/mol. The number of carbonyl (C=O) groups excluding carboxylic acids is 1. The summed E-state index contributed by atoms with van der Waals surface area (Å²) in [5.74, 6) is 1.69. The Morgan fingerprint density at radius 3 is 2.62 bits per heavy atom. The van der Waals surface area contributed by atoms with Crippen LogP contribution in [0.15, 0.2) is 71.3 Å². The Morgan fingerprint density at radius 1 is 0.950 bits per heavy atom. The molecule has 0 radical (unpaired) electrons. The minimum absolute atomic E-state index is 0.156. The monoisotopic (exact) mass is 543 g/mol. The Hall–Kier alpha value is -3.81. The van der Waals surface area contributed by atoms with Gasteiger partial charge in [0, 0.05) is 36.3 Å². The van der Waals surface area contributed by atoms with E-state index in [-0.39, 0.29) is 19.0 Å². The van der Waals surface area contributed by atoms with Crippen molar-refractivity contribution in [1.82, 2.24) is 0 Å². The van der Waals surface area contributed by atoms with E-state index in [0.29, 0.717) is 42.8 Å². The molecule has 0 amide bonds. The van der Waals surface area contributed by atoms with Gasteiger partial charge in [0.05, 0.1) is 25.9 Å². The zero-order valence-corrected chi connectivity index (χ0v) is 23.0. The van der Waals surface area contributed by atoms with Gasteiger partial charge >= 0.3 is 5.97 Å². The van der Waals surface area contributed by atoms with E-state index >= 15 is 0 Å². The molecule has 2 heterocycles. The zero-order valence-electron chi connectivity index (χ0n) is 23.0. The van der Waals surface area contributed by atoms with Crippen LogP contribution in [0.4, 0.5) is 0 Å². The van der Waals surface area contributed by atoms with Crippen LogP contribution in [0.3, 0.4) is 0 Å². The van der Waals surface area contributed by atoms with Gasteiger partial charge in [0.15, 0.2) is 11.3 Å². The Kier molecular flexibility index (Phi) is 9.37. The second kappa shape index (κ2) is 13.5. The second-order valence-electron chi connectivity index (χ2n) is 10.1. The summed E-state index contributed by atoms with van der Waals surface area (Å²) in [6, 6.07) is 19.9. The van der Waals surface area contributed by atoms with Gasteiger partial charge in [0.2, 0.25) is 0 Å². The van der Waals surface area contributed by atoms with Crippen LogP contribution in [0.5, 0.6) is 11.5 Å². The summed E-state index contributed by atoms with van der Waals surface area (Å²) in [5, 5.41) is 0.930. The summed E-state index contributed by atoms with van der Waals surface area (Å²) < 4.78 is 29.2. The molecule has 0 saturated carbocycles. The number of hydrogen-bond acceptors (Lipinski definition) is 7. The van der Waals surface area contributed by atoms with Crippen LogP contribution in [0.25, 0.3) is 22.1 Å². The van der Waals surface area contributed by atoms with Gasteiger partial charge < -0.3 is 29.1 Å². The lowest BCUT2D eigenvalue weighted by molar-refractivity contribution is -0.142. The second-order valence-corrected chi connectivity index (χ2v) is 10.1. The number of benzene rings is 3. The first kappa shape index (κ1) is 27.7. The lowest BCUT2D eigenvalue weighted by Crippen LogP contribution is -2.17. The van der Waals surface area contributed by atoms with E-state index in [1.807, 2.05) is 42.5 Å². The molecule has 1 saturated heterocycles. The molecule has 4 aromatic rings. The molecule has 2 N–H and O–H groups in total. The maximum absolute atomic E-state index is 12.1. The SMILES string of the molecule is CCOC(=O)Cc1ccccc1OCc1coc2c(OCCC3CCOCC3)cc(-c3cccc(CN)c3)cc12. The fourth-order valence-electron chi connectivity index (χ4n) is 5.10. The number of para-hydroxylation sites is 1. The first-order valence-corrected chi connectivity index (χ1v) is 14.0. The molecule has 1 aliphatic heterocycles. The van der Waals surface area contributed by atoms with Gasteiger partial charge in [-0.05, 0) is 73.1 Å². The van der Waals surface area contributed by atoms with Gasteiger partial charge in [0.1, 0.15) is 12.4 Å². The van der Waals surface area contributed by atoms with E-state index < -0.39 is 0 Å². The molecule has 1 aliphatic rings. The van der Waals surface area contributed by atoms with Crippen molar-refractivity contribution >= 4 is 16.9 Å². The van der Waals surface area contributed by atoms with E-state index in [4.69, 9.17) is 29.1 Å². The smallest absolute Gasteiger partial charge is 0.310 e. The van der Waals surface area contributed by atoms with E-state index in [0.717, 1.165) is 65.7 Å². The Balaban J connectivity index is 1.41. The summed E-state index contributed by atoms with van der Waals surface area (Å²) in [4.78, 5) is 12.1. The van der Waals surface area contributed by atoms with E-state index in [1.54, 1.807) is 13.2 Å². The van der Waals surface area contributed by atoms with E-state index in [1.165, 1.54) is 0 Å². The first-order valence-electron chi connectivity index (χ1n) is 14.0. The normalized spacial score (nSPS) is 13.8. The van der Waals surface area contributed by atoms with Crippen LogP contribution in [0.1, 0.15) is 42.9 Å². The summed E-state index contributed by atoms with van der Waals surface area (Å²) >= 11 is 0. The fraction of sp³-hybridized carbons (Fsp3) is 0.364. The minimum atomic E-state index is -0.279. The number of furan rings is 1. The highest BCUT2D eigenvalue weighted by Crippen LogP contribution is 2.37. The van der Waals surface area contributed by atoms with Gasteiger partial charge in [-0.15, -0.1) is 0 Å². The van der Waals surface area contributed by atoms with Crippen LogP contribution in [-0.2, 0) is 33.8 Å². The van der Waals surface area contributed by atoms with Crippen LogP contribution in [0.2, 0.25) is 0 Å². The lowest BCUT2D eigenvalue weighted by Gasteiger charge is -2.21. The number of rotatable bonds is 12. The summed E-state index contributed by atoms with van der Waals surface area (Å²) in [6.45, 7) is 5.16. The Labute approximate surface area is 235 Å². The number of hydrogen-bond donors (Lipinski definition) is 1. The molecule has 0 unspecified atom stereocenters. The number of fused-ring (bicyclic) bond motifs is 1. The minimum Gasteiger partial charge on any atom is -0.490 e. The largest absolute Gasteiger partial charge is 0.490 e.